The molecule has 0 unspecified atom stereocenters. The average Bonchev–Trinajstić information content (AvgIpc) is 3.19. The van der Waals surface area contributed by atoms with E-state index in [1.807, 2.05) is 49.4 Å². The summed E-state index contributed by atoms with van der Waals surface area (Å²) in [6, 6.07) is 3.95. The Bertz CT molecular complexity index is 671. The fraction of sp³-hybridized carbons (Fsp3) is 0.389. The first-order valence-corrected chi connectivity index (χ1v) is 7.94. The van der Waals surface area contributed by atoms with Gasteiger partial charge in [-0.1, -0.05) is 6.07 Å². The quantitative estimate of drug-likeness (QED) is 0.641. The SMILES string of the molecule is Cc1cccnc1.Cn1ccnc1.Cn1cnc2c1CCCC2. The van der Waals surface area contributed by atoms with Crippen LogP contribution in [0.2, 0.25) is 0 Å². The Morgan fingerprint density at radius 3 is 2.30 bits per heavy atom. The van der Waals surface area contributed by atoms with E-state index in [1.54, 1.807) is 18.7 Å². The van der Waals surface area contributed by atoms with Gasteiger partial charge in [0, 0.05) is 44.6 Å². The Kier molecular flexibility index (Phi) is 6.54. The molecule has 23 heavy (non-hydrogen) atoms. The molecule has 5 nitrogen and oxygen atoms in total. The standard InChI is InChI=1S/C8H12N2.C6H7N.C4H6N2/c1-10-6-9-7-4-2-3-5-8(7)10;1-6-3-2-4-7-5-6;1-6-3-2-5-4-6/h6H,2-5H2,1H3;2-5H,1H3;2-4H,1H3. The van der Waals surface area contributed by atoms with Gasteiger partial charge in [-0.3, -0.25) is 4.98 Å². The molecule has 5 heteroatoms. The van der Waals surface area contributed by atoms with Gasteiger partial charge in [0.25, 0.3) is 0 Å². The highest BCUT2D eigenvalue weighted by Crippen LogP contribution is 2.18. The van der Waals surface area contributed by atoms with Crippen LogP contribution in [0.5, 0.6) is 0 Å². The minimum Gasteiger partial charge on any atom is -0.341 e. The average molecular weight is 311 g/mol. The number of aromatic nitrogens is 5. The number of nitrogens with zero attached hydrogens (tertiary/aromatic N) is 5. The Balaban J connectivity index is 0.000000131. The topological polar surface area (TPSA) is 48.5 Å². The fourth-order valence-electron chi connectivity index (χ4n) is 2.39. The van der Waals surface area contributed by atoms with Gasteiger partial charge in [-0.25, -0.2) is 9.97 Å². The molecular weight excluding hydrogens is 286 g/mol. The van der Waals surface area contributed by atoms with E-state index in [2.05, 4.69) is 26.6 Å². The minimum atomic E-state index is 1.19. The number of aryl methyl sites for hydroxylation is 4. The van der Waals surface area contributed by atoms with Gasteiger partial charge in [-0.05, 0) is 44.2 Å². The molecule has 0 amide bonds. The normalized spacial score (nSPS) is 12.3. The number of hydrogen-bond donors (Lipinski definition) is 0. The molecule has 122 valence electrons. The molecule has 0 aromatic carbocycles. The van der Waals surface area contributed by atoms with Crippen LogP contribution in [0.15, 0.2) is 49.6 Å². The molecule has 1 aliphatic carbocycles. The van der Waals surface area contributed by atoms with E-state index in [-0.39, 0.29) is 0 Å². The smallest absolute Gasteiger partial charge is 0.0949 e. The monoisotopic (exact) mass is 311 g/mol. The van der Waals surface area contributed by atoms with Gasteiger partial charge in [-0.15, -0.1) is 0 Å². The van der Waals surface area contributed by atoms with Crippen LogP contribution in [0.4, 0.5) is 0 Å². The van der Waals surface area contributed by atoms with E-state index in [1.165, 1.54) is 42.6 Å². The highest BCUT2D eigenvalue weighted by Gasteiger charge is 2.12. The summed E-state index contributed by atoms with van der Waals surface area (Å²) < 4.78 is 4.04. The maximum Gasteiger partial charge on any atom is 0.0949 e. The highest BCUT2D eigenvalue weighted by molar-refractivity contribution is 5.15. The van der Waals surface area contributed by atoms with Crippen LogP contribution in [0, 0.1) is 6.92 Å². The molecule has 0 radical (unpaired) electrons. The van der Waals surface area contributed by atoms with Crippen LogP contribution in [-0.2, 0) is 26.9 Å². The van der Waals surface area contributed by atoms with Crippen molar-refractivity contribution in [3.05, 3.63) is 66.5 Å². The lowest BCUT2D eigenvalue weighted by Gasteiger charge is -2.10. The van der Waals surface area contributed by atoms with Crippen LogP contribution in [0.3, 0.4) is 0 Å². The summed E-state index contributed by atoms with van der Waals surface area (Å²) in [6.45, 7) is 2.02. The maximum atomic E-state index is 4.32. The Morgan fingerprint density at radius 1 is 1.00 bits per heavy atom. The van der Waals surface area contributed by atoms with Crippen molar-refractivity contribution in [2.45, 2.75) is 32.6 Å². The van der Waals surface area contributed by atoms with Crippen molar-refractivity contribution in [3.8, 4) is 0 Å². The first-order chi connectivity index (χ1) is 11.2. The van der Waals surface area contributed by atoms with Crippen molar-refractivity contribution in [2.24, 2.45) is 14.1 Å². The molecule has 0 fully saturated rings. The van der Waals surface area contributed by atoms with Gasteiger partial charge in [-0.2, -0.15) is 0 Å². The van der Waals surface area contributed by atoms with Gasteiger partial charge in [0.15, 0.2) is 0 Å². The maximum absolute atomic E-state index is 4.32. The van der Waals surface area contributed by atoms with Crippen molar-refractivity contribution in [1.29, 1.82) is 0 Å². The van der Waals surface area contributed by atoms with Crippen molar-refractivity contribution < 1.29 is 0 Å². The molecule has 3 aromatic heterocycles. The van der Waals surface area contributed by atoms with Crippen molar-refractivity contribution >= 4 is 0 Å². The molecule has 0 spiro atoms. The van der Waals surface area contributed by atoms with Gasteiger partial charge in [0.1, 0.15) is 0 Å². The van der Waals surface area contributed by atoms with Crippen LogP contribution >= 0.6 is 0 Å². The molecule has 0 aliphatic heterocycles. The molecule has 0 saturated carbocycles. The second-order valence-electron chi connectivity index (χ2n) is 5.71. The van der Waals surface area contributed by atoms with E-state index in [0.29, 0.717) is 0 Å². The van der Waals surface area contributed by atoms with Gasteiger partial charge in [0.05, 0.1) is 18.3 Å². The number of rotatable bonds is 0. The molecule has 0 atom stereocenters. The van der Waals surface area contributed by atoms with E-state index in [4.69, 9.17) is 0 Å². The molecule has 0 N–H and O–H groups in total. The lowest BCUT2D eigenvalue weighted by Crippen LogP contribution is -2.04. The second kappa shape index (κ2) is 8.88. The number of imidazole rings is 2. The summed E-state index contributed by atoms with van der Waals surface area (Å²) in [7, 11) is 4.02. The summed E-state index contributed by atoms with van der Waals surface area (Å²) in [5.41, 5.74) is 3.99. The first-order valence-electron chi connectivity index (χ1n) is 7.94. The summed E-state index contributed by atoms with van der Waals surface area (Å²) in [5, 5.41) is 0. The van der Waals surface area contributed by atoms with Gasteiger partial charge >= 0.3 is 0 Å². The van der Waals surface area contributed by atoms with Crippen LogP contribution < -0.4 is 0 Å². The van der Waals surface area contributed by atoms with Crippen molar-refractivity contribution in [2.75, 3.05) is 0 Å². The largest absolute Gasteiger partial charge is 0.341 e. The van der Waals surface area contributed by atoms with Gasteiger partial charge < -0.3 is 9.13 Å². The number of fused-ring (bicyclic) bond motifs is 1. The zero-order valence-corrected chi connectivity index (χ0v) is 14.2. The van der Waals surface area contributed by atoms with E-state index in [9.17, 15) is 0 Å². The Hall–Kier alpha value is -2.43. The van der Waals surface area contributed by atoms with E-state index in [0.717, 1.165) is 0 Å². The first kappa shape index (κ1) is 16.9. The molecule has 1 aliphatic rings. The summed E-state index contributed by atoms with van der Waals surface area (Å²) in [4.78, 5) is 12.0. The predicted octanol–water partition coefficient (Wildman–Crippen LogP) is 3.11. The minimum absolute atomic E-state index is 1.19. The number of pyridine rings is 1. The molecule has 3 heterocycles. The third-order valence-electron chi connectivity index (χ3n) is 3.67. The summed E-state index contributed by atoms with van der Waals surface area (Å²) in [5.74, 6) is 0. The molecule has 3 aromatic rings. The van der Waals surface area contributed by atoms with E-state index >= 15 is 0 Å². The fourth-order valence-corrected chi connectivity index (χ4v) is 2.39. The van der Waals surface area contributed by atoms with Crippen LogP contribution in [0.1, 0.15) is 29.8 Å². The molecular formula is C18H25N5. The number of hydrogen-bond acceptors (Lipinski definition) is 3. The van der Waals surface area contributed by atoms with E-state index < -0.39 is 0 Å². The Morgan fingerprint density at radius 2 is 1.83 bits per heavy atom. The zero-order valence-electron chi connectivity index (χ0n) is 14.2. The molecule has 4 rings (SSSR count). The lowest BCUT2D eigenvalue weighted by atomic mass is 10.0. The zero-order chi connectivity index (χ0) is 16.5. The Labute approximate surface area is 138 Å². The molecule has 0 bridgehead atoms. The summed E-state index contributed by atoms with van der Waals surface area (Å²) in [6.07, 6.45) is 16.0. The lowest BCUT2D eigenvalue weighted by molar-refractivity contribution is 0.643. The van der Waals surface area contributed by atoms with Crippen molar-refractivity contribution in [3.63, 3.8) is 0 Å². The third-order valence-corrected chi connectivity index (χ3v) is 3.67. The van der Waals surface area contributed by atoms with Crippen molar-refractivity contribution in [1.82, 2.24) is 24.1 Å². The predicted molar refractivity (Wildman–Crippen MR) is 92.0 cm³/mol. The van der Waals surface area contributed by atoms with Crippen LogP contribution in [-0.4, -0.2) is 24.1 Å². The van der Waals surface area contributed by atoms with Gasteiger partial charge in [0.2, 0.25) is 0 Å². The second-order valence-corrected chi connectivity index (χ2v) is 5.71. The molecule has 0 saturated heterocycles. The summed E-state index contributed by atoms with van der Waals surface area (Å²) >= 11 is 0. The highest BCUT2D eigenvalue weighted by atomic mass is 15.0. The van der Waals surface area contributed by atoms with Crippen LogP contribution in [0.25, 0.3) is 0 Å². The third kappa shape index (κ3) is 5.70.